The van der Waals surface area contributed by atoms with Crippen molar-refractivity contribution in [1.82, 2.24) is 15.0 Å². The molecule has 0 saturated carbocycles. The Morgan fingerprint density at radius 1 is 1.21 bits per heavy atom. The minimum Gasteiger partial charge on any atom is -0.339 e. The summed E-state index contributed by atoms with van der Waals surface area (Å²) in [6.07, 6.45) is 2.13. The third-order valence-electron chi connectivity index (χ3n) is 5.25. The van der Waals surface area contributed by atoms with Crippen LogP contribution in [0.5, 0.6) is 0 Å². The van der Waals surface area contributed by atoms with Crippen LogP contribution in [-0.2, 0) is 13.0 Å². The fourth-order valence-electron chi connectivity index (χ4n) is 3.68. The summed E-state index contributed by atoms with van der Waals surface area (Å²) >= 11 is 5.80. The molecule has 3 aromatic rings. The summed E-state index contributed by atoms with van der Waals surface area (Å²) in [5.74, 6) is 0.961. The molecule has 1 fully saturated rings. The lowest BCUT2D eigenvalue weighted by Gasteiger charge is -2.30. The molecule has 1 aliphatic heterocycles. The molecule has 0 unspecified atom stereocenters. The first-order valence-corrected chi connectivity index (χ1v) is 9.96. The summed E-state index contributed by atoms with van der Waals surface area (Å²) in [5, 5.41) is 13.4. The minimum atomic E-state index is -0.363. The molecule has 7 heteroatoms. The van der Waals surface area contributed by atoms with E-state index in [1.165, 1.54) is 6.07 Å². The molecule has 1 saturated heterocycles. The number of halogens is 2. The number of piperidine rings is 1. The number of nitriles is 1. The van der Waals surface area contributed by atoms with E-state index in [1.54, 1.807) is 12.1 Å². The number of nitrogens with zero attached hydrogens (tertiary/aromatic N) is 4. The van der Waals surface area contributed by atoms with Crippen LogP contribution in [0.4, 0.5) is 4.39 Å². The van der Waals surface area contributed by atoms with Crippen molar-refractivity contribution in [1.29, 1.82) is 5.26 Å². The van der Waals surface area contributed by atoms with Crippen LogP contribution in [0.2, 0.25) is 5.02 Å². The zero-order valence-electron chi connectivity index (χ0n) is 15.8. The van der Waals surface area contributed by atoms with Crippen molar-refractivity contribution < 1.29 is 8.91 Å². The van der Waals surface area contributed by atoms with E-state index in [2.05, 4.69) is 21.1 Å². The fourth-order valence-corrected chi connectivity index (χ4v) is 3.83. The Morgan fingerprint density at radius 3 is 2.79 bits per heavy atom. The molecule has 29 heavy (non-hydrogen) atoms. The van der Waals surface area contributed by atoms with Crippen molar-refractivity contribution in [3.63, 3.8) is 0 Å². The molecule has 2 aromatic carbocycles. The van der Waals surface area contributed by atoms with Crippen LogP contribution in [0, 0.1) is 17.1 Å². The van der Waals surface area contributed by atoms with Gasteiger partial charge in [0.15, 0.2) is 5.82 Å². The third-order valence-corrected chi connectivity index (χ3v) is 5.48. The maximum Gasteiger partial charge on any atom is 0.229 e. The van der Waals surface area contributed by atoms with Gasteiger partial charge in [0, 0.05) is 23.9 Å². The molecule has 0 N–H and O–H groups in total. The zero-order chi connectivity index (χ0) is 20.2. The van der Waals surface area contributed by atoms with Crippen LogP contribution >= 0.6 is 11.6 Å². The Bertz CT molecular complexity index is 1040. The Labute approximate surface area is 173 Å². The highest BCUT2D eigenvalue weighted by atomic mass is 35.5. The summed E-state index contributed by atoms with van der Waals surface area (Å²) in [4.78, 5) is 6.86. The van der Waals surface area contributed by atoms with E-state index < -0.39 is 0 Å². The molecule has 0 aliphatic carbocycles. The largest absolute Gasteiger partial charge is 0.339 e. The summed E-state index contributed by atoms with van der Waals surface area (Å²) in [6, 6.07) is 14.5. The molecule has 0 radical (unpaired) electrons. The van der Waals surface area contributed by atoms with Gasteiger partial charge in [-0.2, -0.15) is 10.2 Å². The predicted octanol–water partition coefficient (Wildman–Crippen LogP) is 4.70. The first kappa shape index (κ1) is 19.6. The van der Waals surface area contributed by atoms with Crippen LogP contribution in [0.3, 0.4) is 0 Å². The molecule has 0 spiro atoms. The van der Waals surface area contributed by atoms with Gasteiger partial charge in [-0.15, -0.1) is 0 Å². The Morgan fingerprint density at radius 2 is 2.03 bits per heavy atom. The second kappa shape index (κ2) is 8.73. The van der Waals surface area contributed by atoms with E-state index in [9.17, 15) is 4.39 Å². The number of benzene rings is 2. The molecule has 148 valence electrons. The Hall–Kier alpha value is -2.75. The van der Waals surface area contributed by atoms with E-state index in [-0.39, 0.29) is 18.2 Å². The molecule has 2 heterocycles. The Kier molecular flexibility index (Phi) is 5.89. The summed E-state index contributed by atoms with van der Waals surface area (Å²) < 4.78 is 19.4. The van der Waals surface area contributed by atoms with Gasteiger partial charge >= 0.3 is 0 Å². The highest BCUT2D eigenvalue weighted by Crippen LogP contribution is 2.28. The Balaban J connectivity index is 1.34. The number of likely N-dealkylation sites (tertiary alicyclic amines) is 1. The highest BCUT2D eigenvalue weighted by Gasteiger charge is 2.25. The topological polar surface area (TPSA) is 66.0 Å². The molecular formula is C22H20ClFN4O. The molecule has 1 aliphatic rings. The van der Waals surface area contributed by atoms with Gasteiger partial charge in [-0.05, 0) is 61.3 Å². The normalized spacial score (nSPS) is 15.3. The van der Waals surface area contributed by atoms with Crippen LogP contribution in [0.1, 0.15) is 47.2 Å². The van der Waals surface area contributed by atoms with Gasteiger partial charge in [0.2, 0.25) is 5.89 Å². The van der Waals surface area contributed by atoms with Crippen LogP contribution < -0.4 is 0 Å². The maximum absolute atomic E-state index is 14.0. The van der Waals surface area contributed by atoms with Gasteiger partial charge in [0.1, 0.15) is 5.82 Å². The lowest BCUT2D eigenvalue weighted by atomic mass is 9.96. The summed E-state index contributed by atoms with van der Waals surface area (Å²) in [7, 11) is 0. The summed E-state index contributed by atoms with van der Waals surface area (Å²) in [6.45, 7) is 2.67. The number of aromatic nitrogens is 2. The van der Waals surface area contributed by atoms with Gasteiger partial charge in [-0.3, -0.25) is 4.90 Å². The zero-order valence-corrected chi connectivity index (χ0v) is 16.6. The molecule has 0 bridgehead atoms. The second-order valence-electron chi connectivity index (χ2n) is 7.32. The number of rotatable bonds is 5. The van der Waals surface area contributed by atoms with Crippen molar-refractivity contribution in [2.45, 2.75) is 31.7 Å². The maximum atomic E-state index is 14.0. The van der Waals surface area contributed by atoms with Crippen molar-refractivity contribution in [3.8, 4) is 6.07 Å². The quantitative estimate of drug-likeness (QED) is 0.609. The van der Waals surface area contributed by atoms with E-state index in [0.717, 1.165) is 38.0 Å². The van der Waals surface area contributed by atoms with Crippen LogP contribution in [0.25, 0.3) is 0 Å². The van der Waals surface area contributed by atoms with Gasteiger partial charge in [-0.25, -0.2) is 4.39 Å². The second-order valence-corrected chi connectivity index (χ2v) is 7.76. The average molecular weight is 411 g/mol. The van der Waals surface area contributed by atoms with Crippen molar-refractivity contribution in [2.75, 3.05) is 13.1 Å². The van der Waals surface area contributed by atoms with Crippen LogP contribution in [0.15, 0.2) is 47.0 Å². The monoisotopic (exact) mass is 410 g/mol. The van der Waals surface area contributed by atoms with Gasteiger partial charge in [0.25, 0.3) is 0 Å². The summed E-state index contributed by atoms with van der Waals surface area (Å²) in [5.41, 5.74) is 2.33. The lowest BCUT2D eigenvalue weighted by Crippen LogP contribution is -2.32. The number of hydrogen-bond donors (Lipinski definition) is 0. The van der Waals surface area contributed by atoms with Gasteiger partial charge < -0.3 is 4.52 Å². The van der Waals surface area contributed by atoms with Gasteiger partial charge in [-0.1, -0.05) is 35.0 Å². The van der Waals surface area contributed by atoms with E-state index in [4.69, 9.17) is 21.4 Å². The lowest BCUT2D eigenvalue weighted by molar-refractivity contribution is 0.187. The molecule has 0 atom stereocenters. The standard InChI is InChI=1S/C22H20ClFN4O/c23-19-5-4-18(20(24)12-19)11-21-26-22(29-27-21)17-6-8-28(9-7-17)14-16-3-1-2-15(10-16)13-25/h1-5,10,12,17H,6-9,11,14H2. The molecule has 1 aromatic heterocycles. The third kappa shape index (κ3) is 4.81. The van der Waals surface area contributed by atoms with Crippen molar-refractivity contribution >= 4 is 11.6 Å². The fraction of sp³-hybridized carbons (Fsp3) is 0.318. The first-order chi connectivity index (χ1) is 14.1. The molecule has 5 nitrogen and oxygen atoms in total. The minimum absolute atomic E-state index is 0.216. The number of hydrogen-bond acceptors (Lipinski definition) is 5. The van der Waals surface area contributed by atoms with Crippen molar-refractivity contribution in [2.24, 2.45) is 0 Å². The average Bonchev–Trinajstić information content (AvgIpc) is 3.19. The van der Waals surface area contributed by atoms with Crippen molar-refractivity contribution in [3.05, 3.63) is 81.7 Å². The predicted molar refractivity (Wildman–Crippen MR) is 107 cm³/mol. The molecule has 4 rings (SSSR count). The SMILES string of the molecule is N#Cc1cccc(CN2CCC(c3nc(Cc4ccc(Cl)cc4F)no3)CC2)c1. The van der Waals surface area contributed by atoms with E-state index in [1.807, 2.05) is 24.3 Å². The van der Waals surface area contributed by atoms with E-state index >= 15 is 0 Å². The first-order valence-electron chi connectivity index (χ1n) is 9.58. The smallest absolute Gasteiger partial charge is 0.229 e. The highest BCUT2D eigenvalue weighted by molar-refractivity contribution is 6.30. The van der Waals surface area contributed by atoms with Crippen LogP contribution in [-0.4, -0.2) is 28.1 Å². The van der Waals surface area contributed by atoms with Gasteiger partial charge in [0.05, 0.1) is 11.6 Å². The van der Waals surface area contributed by atoms with E-state index in [0.29, 0.717) is 27.9 Å². The molecular weight excluding hydrogens is 391 g/mol. The molecule has 0 amide bonds.